The predicted octanol–water partition coefficient (Wildman–Crippen LogP) is 3.53. The van der Waals surface area contributed by atoms with Crippen LogP contribution in [0.2, 0.25) is 0 Å². The van der Waals surface area contributed by atoms with Gasteiger partial charge in [0, 0.05) is 42.8 Å². The number of pyridine rings is 1. The van der Waals surface area contributed by atoms with Crippen molar-refractivity contribution in [2.24, 2.45) is 0 Å². The van der Waals surface area contributed by atoms with Gasteiger partial charge < -0.3 is 21.1 Å². The number of aliphatic hydroxyl groups is 1. The number of benzene rings is 1. The summed E-state index contributed by atoms with van der Waals surface area (Å²) in [6.45, 7) is 1.50. The van der Waals surface area contributed by atoms with Crippen LogP contribution in [0.4, 0.5) is 36.4 Å². The maximum Gasteiger partial charge on any atom is 0.421 e. The van der Waals surface area contributed by atoms with Gasteiger partial charge in [-0.3, -0.25) is 9.10 Å². The zero-order valence-electron chi connectivity index (χ0n) is 22.0. The van der Waals surface area contributed by atoms with E-state index in [1.165, 1.54) is 31.4 Å². The van der Waals surface area contributed by atoms with Crippen LogP contribution in [0, 0.1) is 0 Å². The molecule has 4 N–H and O–H groups in total. The minimum Gasteiger partial charge on any atom is -0.394 e. The number of carbonyl (C=O) groups excluding carboxylic acids is 1. The molecule has 15 heteroatoms. The molecule has 3 aromatic rings. The van der Waals surface area contributed by atoms with Crippen molar-refractivity contribution in [2.75, 3.05) is 34.8 Å². The van der Waals surface area contributed by atoms with Crippen molar-refractivity contribution in [3.05, 3.63) is 65.5 Å². The summed E-state index contributed by atoms with van der Waals surface area (Å²) in [7, 11) is -2.38. The number of aromatic nitrogens is 3. The smallest absolute Gasteiger partial charge is 0.394 e. The molecular weight excluding hydrogens is 551 g/mol. The molecule has 0 fully saturated rings. The number of halogens is 3. The Kier molecular flexibility index (Phi) is 9.87. The zero-order chi connectivity index (χ0) is 29.5. The molecular formula is C25H30F3N7O4S. The van der Waals surface area contributed by atoms with Crippen LogP contribution in [0.1, 0.15) is 41.3 Å². The first-order valence-corrected chi connectivity index (χ1v) is 14.0. The molecule has 1 atom stereocenters. The summed E-state index contributed by atoms with van der Waals surface area (Å²) in [5.41, 5.74) is -0.193. The van der Waals surface area contributed by atoms with E-state index in [0.29, 0.717) is 23.9 Å². The van der Waals surface area contributed by atoms with Crippen molar-refractivity contribution in [2.45, 2.75) is 38.5 Å². The molecule has 216 valence electrons. The maximum absolute atomic E-state index is 13.7. The van der Waals surface area contributed by atoms with Gasteiger partial charge in [-0.2, -0.15) is 18.2 Å². The van der Waals surface area contributed by atoms with E-state index in [2.05, 4.69) is 30.9 Å². The second-order valence-electron chi connectivity index (χ2n) is 8.87. The van der Waals surface area contributed by atoms with Crippen molar-refractivity contribution < 1.29 is 31.5 Å². The molecule has 0 saturated heterocycles. The highest BCUT2D eigenvalue weighted by Crippen LogP contribution is 2.34. The molecule has 0 bridgehead atoms. The van der Waals surface area contributed by atoms with Crippen LogP contribution < -0.4 is 20.3 Å². The highest BCUT2D eigenvalue weighted by molar-refractivity contribution is 7.92. The average Bonchev–Trinajstić information content (AvgIpc) is 2.90. The van der Waals surface area contributed by atoms with E-state index in [9.17, 15) is 31.5 Å². The Labute approximate surface area is 229 Å². The topological polar surface area (TPSA) is 149 Å². The van der Waals surface area contributed by atoms with Crippen LogP contribution in [-0.2, 0) is 22.7 Å². The second kappa shape index (κ2) is 12.9. The zero-order valence-corrected chi connectivity index (χ0v) is 22.8. The summed E-state index contributed by atoms with van der Waals surface area (Å²) in [4.78, 5) is 24.4. The van der Waals surface area contributed by atoms with Crippen molar-refractivity contribution in [3.63, 3.8) is 0 Å². The molecule has 0 spiro atoms. The predicted molar refractivity (Wildman–Crippen MR) is 145 cm³/mol. The standard InChI is InChI=1S/C25H30F3N7O4S/c1-4-7-19(15-36)32-23(37)16-8-5-10-18(12-16)33-24-31-14-20(25(26,27)28)21(34-24)30-13-17-9-6-11-29-22(17)35(2)40(3,38)39/h5-6,8-12,14,19,36H,4,7,13,15H2,1-3H3,(H,32,37)(H2,30,31,33,34)/t19-/m0/s1. The first-order chi connectivity index (χ1) is 18.8. The van der Waals surface area contributed by atoms with E-state index in [-0.39, 0.29) is 30.5 Å². The second-order valence-corrected chi connectivity index (χ2v) is 10.9. The van der Waals surface area contributed by atoms with Crippen molar-refractivity contribution in [1.82, 2.24) is 20.3 Å². The van der Waals surface area contributed by atoms with Crippen molar-refractivity contribution in [1.29, 1.82) is 0 Å². The molecule has 2 aromatic heterocycles. The number of hydrogen-bond donors (Lipinski definition) is 4. The largest absolute Gasteiger partial charge is 0.421 e. The number of sulfonamides is 1. The molecule has 1 aromatic carbocycles. The summed E-state index contributed by atoms with van der Waals surface area (Å²) < 4.78 is 66.1. The molecule has 0 aliphatic carbocycles. The molecule has 0 unspecified atom stereocenters. The Morgan fingerprint density at radius 2 is 1.93 bits per heavy atom. The molecule has 3 rings (SSSR count). The monoisotopic (exact) mass is 581 g/mol. The van der Waals surface area contributed by atoms with E-state index >= 15 is 0 Å². The average molecular weight is 582 g/mol. The fraction of sp³-hybridized carbons (Fsp3) is 0.360. The van der Waals surface area contributed by atoms with E-state index in [1.54, 1.807) is 18.2 Å². The van der Waals surface area contributed by atoms with Crippen molar-refractivity contribution in [3.8, 4) is 0 Å². The first-order valence-electron chi connectivity index (χ1n) is 12.2. The SMILES string of the molecule is CCC[C@@H](CO)NC(=O)c1cccc(Nc2ncc(C(F)(F)F)c(NCc3cccnc3N(C)S(C)(=O)=O)n2)c1. The molecule has 11 nitrogen and oxygen atoms in total. The number of alkyl halides is 3. The van der Waals surface area contributed by atoms with Gasteiger partial charge in [-0.05, 0) is 30.7 Å². The van der Waals surface area contributed by atoms with Gasteiger partial charge in [-0.1, -0.05) is 25.5 Å². The minimum absolute atomic E-state index is 0.0518. The van der Waals surface area contributed by atoms with Crippen LogP contribution in [0.15, 0.2) is 48.8 Å². The normalized spacial score (nSPS) is 12.5. The van der Waals surface area contributed by atoms with Gasteiger partial charge in [0.2, 0.25) is 16.0 Å². The number of hydrogen-bond acceptors (Lipinski definition) is 9. The molecule has 0 saturated carbocycles. The number of nitrogens with zero attached hydrogens (tertiary/aromatic N) is 4. The van der Waals surface area contributed by atoms with E-state index in [1.807, 2.05) is 6.92 Å². The Morgan fingerprint density at radius 3 is 2.58 bits per heavy atom. The van der Waals surface area contributed by atoms with Crippen LogP contribution in [0.25, 0.3) is 0 Å². The van der Waals surface area contributed by atoms with Gasteiger partial charge in [-0.15, -0.1) is 0 Å². The lowest BCUT2D eigenvalue weighted by Gasteiger charge is -2.20. The van der Waals surface area contributed by atoms with Gasteiger partial charge in [0.05, 0.1) is 18.9 Å². The van der Waals surface area contributed by atoms with Gasteiger partial charge >= 0.3 is 6.18 Å². The van der Waals surface area contributed by atoms with Gasteiger partial charge in [0.1, 0.15) is 17.2 Å². The Hall–Kier alpha value is -3.98. The van der Waals surface area contributed by atoms with E-state index < -0.39 is 39.5 Å². The Bertz CT molecular complexity index is 1440. The lowest BCUT2D eigenvalue weighted by atomic mass is 10.1. The number of nitrogens with one attached hydrogen (secondary N) is 3. The van der Waals surface area contributed by atoms with Gasteiger partial charge in [-0.25, -0.2) is 18.4 Å². The number of rotatable bonds is 12. The summed E-state index contributed by atoms with van der Waals surface area (Å²) in [5.74, 6) is -1.08. The minimum atomic E-state index is -4.78. The number of carbonyl (C=O) groups is 1. The summed E-state index contributed by atoms with van der Waals surface area (Å²) >= 11 is 0. The highest BCUT2D eigenvalue weighted by atomic mass is 32.2. The lowest BCUT2D eigenvalue weighted by Crippen LogP contribution is -2.37. The third kappa shape index (κ3) is 8.02. The Morgan fingerprint density at radius 1 is 1.18 bits per heavy atom. The van der Waals surface area contributed by atoms with Gasteiger partial charge in [0.15, 0.2) is 0 Å². The number of amides is 1. The van der Waals surface area contributed by atoms with E-state index in [4.69, 9.17) is 0 Å². The van der Waals surface area contributed by atoms with E-state index in [0.717, 1.165) is 17.0 Å². The fourth-order valence-electron chi connectivity index (χ4n) is 3.67. The summed E-state index contributed by atoms with van der Waals surface area (Å²) in [5, 5.41) is 17.6. The molecule has 2 heterocycles. The Balaban J connectivity index is 1.85. The van der Waals surface area contributed by atoms with Crippen LogP contribution in [0.5, 0.6) is 0 Å². The third-order valence-corrected chi connectivity index (χ3v) is 6.95. The molecule has 40 heavy (non-hydrogen) atoms. The quantitative estimate of drug-likeness (QED) is 0.252. The maximum atomic E-state index is 13.7. The highest BCUT2D eigenvalue weighted by Gasteiger charge is 2.35. The number of anilines is 4. The summed E-state index contributed by atoms with van der Waals surface area (Å²) in [6, 6.07) is 8.86. The molecule has 0 radical (unpaired) electrons. The third-order valence-electron chi connectivity index (χ3n) is 5.78. The number of aliphatic hydroxyl groups excluding tert-OH is 1. The van der Waals surface area contributed by atoms with Crippen LogP contribution in [0.3, 0.4) is 0 Å². The lowest BCUT2D eigenvalue weighted by molar-refractivity contribution is -0.137. The van der Waals surface area contributed by atoms with Gasteiger partial charge in [0.25, 0.3) is 5.91 Å². The fourth-order valence-corrected chi connectivity index (χ4v) is 4.14. The molecule has 0 aliphatic rings. The molecule has 0 aliphatic heterocycles. The van der Waals surface area contributed by atoms with Crippen LogP contribution >= 0.6 is 0 Å². The van der Waals surface area contributed by atoms with Crippen LogP contribution in [-0.4, -0.2) is 60.3 Å². The summed E-state index contributed by atoms with van der Waals surface area (Å²) in [6.07, 6.45) is -0.431. The molecule has 1 amide bonds. The first kappa shape index (κ1) is 30.6. The van der Waals surface area contributed by atoms with Crippen molar-refractivity contribution >= 4 is 39.2 Å².